The van der Waals surface area contributed by atoms with Gasteiger partial charge < -0.3 is 8.83 Å². The summed E-state index contributed by atoms with van der Waals surface area (Å²) in [5.41, 5.74) is 2.23. The lowest BCUT2D eigenvalue weighted by molar-refractivity contribution is 0.635. The number of furan rings is 2. The van der Waals surface area contributed by atoms with Crippen LogP contribution in [-0.4, -0.2) is 39.9 Å². The van der Waals surface area contributed by atoms with E-state index in [4.69, 9.17) is 8.83 Å². The van der Waals surface area contributed by atoms with E-state index >= 15 is 0 Å². The average Bonchev–Trinajstić information content (AvgIpc) is 3.24. The van der Waals surface area contributed by atoms with Gasteiger partial charge in [-0.15, -0.1) is 0 Å². The highest BCUT2D eigenvalue weighted by atomic mass is 16.4. The standard InChI is InChI=1S/C16H6N8O2/c1-2-19-16-10(18-1)9-5-21-12(24-15(9)26-16)11-20-4-8-7-3-17-6-22-13(7)25-14(8)23-11/h1-6H. The van der Waals surface area contributed by atoms with Gasteiger partial charge in [-0.25, -0.2) is 29.9 Å². The number of fused-ring (bicyclic) bond motifs is 6. The zero-order chi connectivity index (χ0) is 17.1. The topological polar surface area (TPSA) is 129 Å². The predicted octanol–water partition coefficient (Wildman–Crippen LogP) is 2.31. The number of nitrogens with zero attached hydrogens (tertiary/aromatic N) is 8. The summed E-state index contributed by atoms with van der Waals surface area (Å²) in [7, 11) is 0. The van der Waals surface area contributed by atoms with Crippen molar-refractivity contribution >= 4 is 44.5 Å². The first kappa shape index (κ1) is 13.2. The van der Waals surface area contributed by atoms with Crippen LogP contribution in [0.1, 0.15) is 0 Å². The minimum absolute atomic E-state index is 0.310. The second-order valence-electron chi connectivity index (χ2n) is 5.48. The molecule has 6 rings (SSSR count). The molecule has 0 spiro atoms. The van der Waals surface area contributed by atoms with E-state index in [2.05, 4.69) is 39.9 Å². The van der Waals surface area contributed by atoms with Crippen LogP contribution in [0.25, 0.3) is 56.2 Å². The Hall–Kier alpha value is -4.08. The van der Waals surface area contributed by atoms with Crippen LogP contribution in [0.2, 0.25) is 0 Å². The molecule has 0 aromatic carbocycles. The van der Waals surface area contributed by atoms with Gasteiger partial charge in [0.1, 0.15) is 11.8 Å². The molecule has 0 aliphatic heterocycles. The normalized spacial score (nSPS) is 11.8. The molecule has 6 aromatic rings. The van der Waals surface area contributed by atoms with E-state index < -0.39 is 0 Å². The summed E-state index contributed by atoms with van der Waals surface area (Å²) in [4.78, 5) is 33.9. The van der Waals surface area contributed by atoms with E-state index in [9.17, 15) is 0 Å². The highest BCUT2D eigenvalue weighted by molar-refractivity contribution is 6.01. The summed E-state index contributed by atoms with van der Waals surface area (Å²) >= 11 is 0. The molecule has 6 heterocycles. The van der Waals surface area contributed by atoms with E-state index in [1.807, 2.05) is 0 Å². The summed E-state index contributed by atoms with van der Waals surface area (Å²) < 4.78 is 11.3. The van der Waals surface area contributed by atoms with Crippen molar-refractivity contribution < 1.29 is 8.83 Å². The number of hydrogen-bond acceptors (Lipinski definition) is 10. The van der Waals surface area contributed by atoms with Crippen LogP contribution < -0.4 is 0 Å². The van der Waals surface area contributed by atoms with Crippen LogP contribution in [0.15, 0.2) is 46.1 Å². The van der Waals surface area contributed by atoms with E-state index in [0.717, 1.165) is 10.8 Å². The average molecular weight is 342 g/mol. The summed E-state index contributed by atoms with van der Waals surface area (Å²) in [5, 5.41) is 2.15. The molecule has 10 nitrogen and oxygen atoms in total. The second-order valence-corrected chi connectivity index (χ2v) is 5.48. The maximum Gasteiger partial charge on any atom is 0.248 e. The molecule has 0 unspecified atom stereocenters. The SMILES string of the molecule is c1ncc2c(n1)oc1nc(-c3ncc4c(n3)oc3nccnc34)ncc12. The van der Waals surface area contributed by atoms with Gasteiger partial charge >= 0.3 is 0 Å². The summed E-state index contributed by atoms with van der Waals surface area (Å²) in [6, 6.07) is 0. The van der Waals surface area contributed by atoms with Crippen LogP contribution in [-0.2, 0) is 0 Å². The Morgan fingerprint density at radius 1 is 0.577 bits per heavy atom. The van der Waals surface area contributed by atoms with Gasteiger partial charge in [0.25, 0.3) is 0 Å². The van der Waals surface area contributed by atoms with Crippen molar-refractivity contribution in [1.29, 1.82) is 0 Å². The highest BCUT2D eigenvalue weighted by Gasteiger charge is 2.16. The highest BCUT2D eigenvalue weighted by Crippen LogP contribution is 2.27. The molecular formula is C16H6N8O2. The Kier molecular flexibility index (Phi) is 2.41. The van der Waals surface area contributed by atoms with Crippen LogP contribution in [0.4, 0.5) is 0 Å². The first-order valence-corrected chi connectivity index (χ1v) is 7.59. The van der Waals surface area contributed by atoms with Gasteiger partial charge in [0, 0.05) is 31.0 Å². The summed E-state index contributed by atoms with van der Waals surface area (Å²) in [5.74, 6) is 0.623. The molecule has 6 aromatic heterocycles. The van der Waals surface area contributed by atoms with Crippen molar-refractivity contribution in [2.75, 3.05) is 0 Å². The Bertz CT molecular complexity index is 1340. The lowest BCUT2D eigenvalue weighted by Crippen LogP contribution is -1.94. The monoisotopic (exact) mass is 342 g/mol. The predicted molar refractivity (Wildman–Crippen MR) is 88.8 cm³/mol. The minimum Gasteiger partial charge on any atom is -0.419 e. The van der Waals surface area contributed by atoms with Gasteiger partial charge in [0.2, 0.25) is 34.5 Å². The Morgan fingerprint density at radius 3 is 2.15 bits per heavy atom. The molecule has 0 aliphatic rings. The van der Waals surface area contributed by atoms with Crippen molar-refractivity contribution in [1.82, 2.24) is 39.9 Å². The van der Waals surface area contributed by atoms with Crippen molar-refractivity contribution in [2.45, 2.75) is 0 Å². The molecular weight excluding hydrogens is 336 g/mol. The van der Waals surface area contributed by atoms with Gasteiger partial charge in [-0.1, -0.05) is 0 Å². The molecule has 0 amide bonds. The van der Waals surface area contributed by atoms with Crippen molar-refractivity contribution in [2.24, 2.45) is 0 Å². The lowest BCUT2D eigenvalue weighted by atomic mass is 10.3. The fourth-order valence-electron chi connectivity index (χ4n) is 2.80. The maximum absolute atomic E-state index is 5.65. The first-order valence-electron chi connectivity index (χ1n) is 7.59. The van der Waals surface area contributed by atoms with Gasteiger partial charge in [-0.2, -0.15) is 9.97 Å². The van der Waals surface area contributed by atoms with E-state index in [1.165, 1.54) is 6.33 Å². The Morgan fingerprint density at radius 2 is 1.27 bits per heavy atom. The second kappa shape index (κ2) is 4.72. The van der Waals surface area contributed by atoms with Crippen molar-refractivity contribution in [3.63, 3.8) is 0 Å². The fourth-order valence-corrected chi connectivity index (χ4v) is 2.80. The third kappa shape index (κ3) is 1.75. The van der Waals surface area contributed by atoms with Gasteiger partial charge in [0.15, 0.2) is 0 Å². The number of hydrogen-bond donors (Lipinski definition) is 0. The van der Waals surface area contributed by atoms with Gasteiger partial charge in [-0.3, -0.25) is 0 Å². The Labute approximate surface area is 143 Å². The smallest absolute Gasteiger partial charge is 0.248 e. The van der Waals surface area contributed by atoms with E-state index in [0.29, 0.717) is 45.4 Å². The third-order valence-corrected chi connectivity index (χ3v) is 3.98. The number of rotatable bonds is 1. The molecule has 0 saturated heterocycles. The molecule has 0 aliphatic carbocycles. The molecule has 122 valence electrons. The Balaban J connectivity index is 1.57. The minimum atomic E-state index is 0.310. The summed E-state index contributed by atoms with van der Waals surface area (Å²) in [6.07, 6.45) is 9.49. The first-order chi connectivity index (χ1) is 12.9. The maximum atomic E-state index is 5.65. The zero-order valence-electron chi connectivity index (χ0n) is 12.9. The zero-order valence-corrected chi connectivity index (χ0v) is 12.9. The van der Waals surface area contributed by atoms with Crippen LogP contribution in [0.3, 0.4) is 0 Å². The molecule has 0 saturated carbocycles. The molecule has 0 radical (unpaired) electrons. The molecule has 0 atom stereocenters. The largest absolute Gasteiger partial charge is 0.419 e. The van der Waals surface area contributed by atoms with E-state index in [-0.39, 0.29) is 0 Å². The summed E-state index contributed by atoms with van der Waals surface area (Å²) in [6.45, 7) is 0. The molecule has 0 N–H and O–H groups in total. The fraction of sp³-hybridized carbons (Fsp3) is 0. The lowest BCUT2D eigenvalue weighted by Gasteiger charge is -1.97. The third-order valence-electron chi connectivity index (χ3n) is 3.98. The van der Waals surface area contributed by atoms with Crippen LogP contribution >= 0.6 is 0 Å². The van der Waals surface area contributed by atoms with Crippen molar-refractivity contribution in [3.8, 4) is 11.6 Å². The van der Waals surface area contributed by atoms with Crippen LogP contribution in [0, 0.1) is 0 Å². The van der Waals surface area contributed by atoms with E-state index in [1.54, 1.807) is 31.0 Å². The van der Waals surface area contributed by atoms with Crippen molar-refractivity contribution in [3.05, 3.63) is 37.3 Å². The van der Waals surface area contributed by atoms with Gasteiger partial charge in [-0.05, 0) is 0 Å². The van der Waals surface area contributed by atoms with Gasteiger partial charge in [0.05, 0.1) is 16.2 Å². The number of aromatic nitrogens is 8. The molecule has 0 fully saturated rings. The molecule has 10 heteroatoms. The van der Waals surface area contributed by atoms with Crippen LogP contribution in [0.5, 0.6) is 0 Å². The quantitative estimate of drug-likeness (QED) is 0.438. The molecule has 26 heavy (non-hydrogen) atoms. The molecule has 0 bridgehead atoms.